The number of carbonyl (C=O) groups is 1. The summed E-state index contributed by atoms with van der Waals surface area (Å²) in [5, 5.41) is 2.88. The maximum atomic E-state index is 13.1. The largest absolute Gasteiger partial charge is 0.483 e. The van der Waals surface area contributed by atoms with Gasteiger partial charge in [0.2, 0.25) is 10.0 Å². The summed E-state index contributed by atoms with van der Waals surface area (Å²) in [6, 6.07) is 10.7. The average molecular weight is 476 g/mol. The van der Waals surface area contributed by atoms with E-state index in [-0.39, 0.29) is 17.4 Å². The number of hydrogen-bond donors (Lipinski definition) is 1. The molecule has 9 heteroatoms. The van der Waals surface area contributed by atoms with Crippen LogP contribution in [-0.4, -0.2) is 64.6 Å². The molecule has 0 aromatic heterocycles. The lowest BCUT2D eigenvalue weighted by atomic mass is 10.1. The van der Waals surface area contributed by atoms with Gasteiger partial charge in [0.25, 0.3) is 5.91 Å². The van der Waals surface area contributed by atoms with Gasteiger partial charge in [0.1, 0.15) is 5.75 Å². The SMILES string of the molecule is CCN(CC)S(=O)(=O)c1ccc(N2CCOCC2)c(NC(=O)COc2c(C)cccc2C)c1. The average Bonchev–Trinajstić information content (AvgIpc) is 2.80. The highest BCUT2D eigenvalue weighted by Crippen LogP contribution is 2.31. The monoisotopic (exact) mass is 475 g/mol. The molecule has 1 aliphatic rings. The maximum Gasteiger partial charge on any atom is 0.262 e. The van der Waals surface area contributed by atoms with Gasteiger partial charge in [0.15, 0.2) is 6.61 Å². The van der Waals surface area contributed by atoms with Gasteiger partial charge in [0.05, 0.1) is 29.5 Å². The molecule has 1 amide bonds. The highest BCUT2D eigenvalue weighted by molar-refractivity contribution is 7.89. The van der Waals surface area contributed by atoms with Crippen LogP contribution in [-0.2, 0) is 19.6 Å². The molecule has 180 valence electrons. The Kier molecular flexibility index (Phi) is 8.34. The first-order valence-electron chi connectivity index (χ1n) is 11.2. The van der Waals surface area contributed by atoms with Gasteiger partial charge in [-0.25, -0.2) is 8.42 Å². The number of para-hydroxylation sites is 1. The summed E-state index contributed by atoms with van der Waals surface area (Å²) in [6.45, 7) is 10.5. The molecule has 33 heavy (non-hydrogen) atoms. The van der Waals surface area contributed by atoms with Gasteiger partial charge in [-0.2, -0.15) is 4.31 Å². The first-order chi connectivity index (χ1) is 15.8. The number of benzene rings is 2. The van der Waals surface area contributed by atoms with Crippen molar-refractivity contribution in [2.75, 3.05) is 56.2 Å². The second kappa shape index (κ2) is 11.0. The van der Waals surface area contributed by atoms with Crippen LogP contribution in [0.2, 0.25) is 0 Å². The summed E-state index contributed by atoms with van der Waals surface area (Å²) in [7, 11) is -3.67. The number of sulfonamides is 1. The Morgan fingerprint density at radius 2 is 1.73 bits per heavy atom. The smallest absolute Gasteiger partial charge is 0.262 e. The van der Waals surface area contributed by atoms with Crippen LogP contribution in [0.15, 0.2) is 41.3 Å². The number of morpholine rings is 1. The van der Waals surface area contributed by atoms with Crippen molar-refractivity contribution in [1.29, 1.82) is 0 Å². The van der Waals surface area contributed by atoms with E-state index in [0.29, 0.717) is 50.8 Å². The van der Waals surface area contributed by atoms with Crippen molar-refractivity contribution < 1.29 is 22.7 Å². The summed E-state index contributed by atoms with van der Waals surface area (Å²) in [5.74, 6) is 0.323. The molecule has 8 nitrogen and oxygen atoms in total. The van der Waals surface area contributed by atoms with Gasteiger partial charge in [-0.1, -0.05) is 32.0 Å². The lowest BCUT2D eigenvalue weighted by molar-refractivity contribution is -0.118. The van der Waals surface area contributed by atoms with Crippen LogP contribution in [0.4, 0.5) is 11.4 Å². The molecule has 1 saturated heterocycles. The number of ether oxygens (including phenoxy) is 2. The number of nitrogens with one attached hydrogen (secondary N) is 1. The second-order valence-electron chi connectivity index (χ2n) is 7.93. The highest BCUT2D eigenvalue weighted by Gasteiger charge is 2.25. The summed E-state index contributed by atoms with van der Waals surface area (Å²) in [4.78, 5) is 15.0. The minimum Gasteiger partial charge on any atom is -0.483 e. The third-order valence-electron chi connectivity index (χ3n) is 5.69. The molecule has 0 saturated carbocycles. The molecule has 2 aromatic carbocycles. The van der Waals surface area contributed by atoms with Crippen LogP contribution in [0.3, 0.4) is 0 Å². The minimum absolute atomic E-state index is 0.147. The van der Waals surface area contributed by atoms with E-state index in [1.54, 1.807) is 26.0 Å². The van der Waals surface area contributed by atoms with E-state index in [4.69, 9.17) is 9.47 Å². The number of carbonyl (C=O) groups excluding carboxylic acids is 1. The molecular weight excluding hydrogens is 442 g/mol. The van der Waals surface area contributed by atoms with Crippen LogP contribution in [0, 0.1) is 13.8 Å². The number of rotatable bonds is 9. The minimum atomic E-state index is -3.67. The fourth-order valence-electron chi connectivity index (χ4n) is 3.92. The molecule has 3 rings (SSSR count). The molecule has 1 aliphatic heterocycles. The van der Waals surface area contributed by atoms with Gasteiger partial charge in [-0.15, -0.1) is 0 Å². The highest BCUT2D eigenvalue weighted by atomic mass is 32.2. The van der Waals surface area contributed by atoms with E-state index >= 15 is 0 Å². The Morgan fingerprint density at radius 3 is 2.33 bits per heavy atom. The maximum absolute atomic E-state index is 13.1. The Hall–Kier alpha value is -2.62. The van der Waals surface area contributed by atoms with E-state index < -0.39 is 10.0 Å². The predicted octanol–water partition coefficient (Wildman–Crippen LogP) is 3.19. The summed E-state index contributed by atoms with van der Waals surface area (Å²) in [5.41, 5.74) is 3.10. The van der Waals surface area contributed by atoms with Crippen molar-refractivity contribution in [2.24, 2.45) is 0 Å². The Morgan fingerprint density at radius 1 is 1.09 bits per heavy atom. The quantitative estimate of drug-likeness (QED) is 0.599. The summed E-state index contributed by atoms with van der Waals surface area (Å²) < 4.78 is 38.7. The third kappa shape index (κ3) is 5.85. The zero-order chi connectivity index (χ0) is 24.0. The lowest BCUT2D eigenvalue weighted by Crippen LogP contribution is -2.37. The van der Waals surface area contributed by atoms with Gasteiger partial charge in [-0.3, -0.25) is 4.79 Å². The molecule has 0 atom stereocenters. The van der Waals surface area contributed by atoms with E-state index in [1.165, 1.54) is 10.4 Å². The molecule has 0 bridgehead atoms. The molecule has 1 heterocycles. The molecular formula is C24H33N3O5S. The zero-order valence-electron chi connectivity index (χ0n) is 19.8. The van der Waals surface area contributed by atoms with Gasteiger partial charge < -0.3 is 19.7 Å². The molecule has 0 unspecified atom stereocenters. The number of anilines is 2. The van der Waals surface area contributed by atoms with Crippen molar-refractivity contribution in [3.63, 3.8) is 0 Å². The fraction of sp³-hybridized carbons (Fsp3) is 0.458. The molecule has 0 radical (unpaired) electrons. The van der Waals surface area contributed by atoms with Gasteiger partial charge in [0, 0.05) is 26.2 Å². The van der Waals surface area contributed by atoms with Gasteiger partial charge >= 0.3 is 0 Å². The Balaban J connectivity index is 1.87. The molecule has 2 aromatic rings. The van der Waals surface area contributed by atoms with Crippen molar-refractivity contribution in [1.82, 2.24) is 4.31 Å². The Bertz CT molecular complexity index is 1060. The van der Waals surface area contributed by atoms with Crippen molar-refractivity contribution in [3.8, 4) is 5.75 Å². The first kappa shape index (κ1) is 25.0. The topological polar surface area (TPSA) is 88.2 Å². The normalized spacial score (nSPS) is 14.4. The van der Waals surface area contributed by atoms with E-state index in [1.807, 2.05) is 32.0 Å². The number of hydrogen-bond acceptors (Lipinski definition) is 6. The number of aryl methyl sites for hydroxylation is 2. The fourth-order valence-corrected chi connectivity index (χ4v) is 5.40. The second-order valence-corrected chi connectivity index (χ2v) is 9.86. The van der Waals surface area contributed by atoms with E-state index in [2.05, 4.69) is 10.2 Å². The lowest BCUT2D eigenvalue weighted by Gasteiger charge is -2.31. The van der Waals surface area contributed by atoms with Gasteiger partial charge in [-0.05, 0) is 43.2 Å². The molecule has 1 N–H and O–H groups in total. The van der Waals surface area contributed by atoms with E-state index in [9.17, 15) is 13.2 Å². The van der Waals surface area contributed by atoms with Crippen LogP contribution in [0.1, 0.15) is 25.0 Å². The molecule has 0 aliphatic carbocycles. The van der Waals surface area contributed by atoms with Crippen LogP contribution in [0.25, 0.3) is 0 Å². The van der Waals surface area contributed by atoms with Crippen LogP contribution < -0.4 is 15.0 Å². The third-order valence-corrected chi connectivity index (χ3v) is 7.74. The first-order valence-corrected chi connectivity index (χ1v) is 12.7. The van der Waals surface area contributed by atoms with Crippen molar-refractivity contribution >= 4 is 27.3 Å². The summed E-state index contributed by atoms with van der Waals surface area (Å²) in [6.07, 6.45) is 0. The standard InChI is InChI=1S/C24H33N3O5S/c1-5-27(6-2)33(29,30)20-10-11-22(26-12-14-31-15-13-26)21(16-20)25-23(28)17-32-24-18(3)8-7-9-19(24)4/h7-11,16H,5-6,12-15,17H2,1-4H3,(H,25,28). The summed E-state index contributed by atoms with van der Waals surface area (Å²) >= 11 is 0. The molecule has 0 spiro atoms. The van der Waals surface area contributed by atoms with Crippen LogP contribution in [0.5, 0.6) is 5.75 Å². The van der Waals surface area contributed by atoms with E-state index in [0.717, 1.165) is 16.8 Å². The van der Waals surface area contributed by atoms with Crippen LogP contribution >= 0.6 is 0 Å². The number of nitrogens with zero attached hydrogens (tertiary/aromatic N) is 2. The molecule has 1 fully saturated rings. The van der Waals surface area contributed by atoms with Crippen molar-refractivity contribution in [3.05, 3.63) is 47.5 Å². The van der Waals surface area contributed by atoms with Crippen molar-refractivity contribution in [2.45, 2.75) is 32.6 Å². The predicted molar refractivity (Wildman–Crippen MR) is 130 cm³/mol. The number of amides is 1. The zero-order valence-corrected chi connectivity index (χ0v) is 20.6. The Labute approximate surface area is 196 Å².